The molecule has 0 radical (unpaired) electrons. The summed E-state index contributed by atoms with van der Waals surface area (Å²) in [6, 6.07) is 9.31. The van der Waals surface area contributed by atoms with Gasteiger partial charge < -0.3 is 24.8 Å². The van der Waals surface area contributed by atoms with Gasteiger partial charge in [0.05, 0.1) is 31.5 Å². The third-order valence-electron chi connectivity index (χ3n) is 4.50. The smallest absolute Gasteiger partial charge is 0.329 e. The van der Waals surface area contributed by atoms with Crippen LogP contribution in [0.3, 0.4) is 0 Å². The van der Waals surface area contributed by atoms with Crippen molar-refractivity contribution in [3.8, 4) is 17.2 Å². The van der Waals surface area contributed by atoms with Crippen molar-refractivity contribution in [3.05, 3.63) is 52.7 Å². The first-order valence-corrected chi connectivity index (χ1v) is 10.0. The Morgan fingerprint density at radius 3 is 2.56 bits per heavy atom. The maximum atomic E-state index is 12.7. The van der Waals surface area contributed by atoms with Gasteiger partial charge in [-0.05, 0) is 42.8 Å². The number of rotatable bonds is 8. The van der Waals surface area contributed by atoms with Crippen molar-refractivity contribution in [3.63, 3.8) is 0 Å². The highest BCUT2D eigenvalue weighted by atomic mass is 35.5. The van der Waals surface area contributed by atoms with E-state index in [9.17, 15) is 14.4 Å². The fraction of sp³-hybridized carbons (Fsp3) is 0.227. The number of anilines is 1. The summed E-state index contributed by atoms with van der Waals surface area (Å²) in [7, 11) is 2.94. The van der Waals surface area contributed by atoms with Gasteiger partial charge in [-0.2, -0.15) is 0 Å². The Morgan fingerprint density at radius 1 is 1.16 bits per heavy atom. The standard InChI is InChI=1S/C22H22ClN3O6/c1-4-32-20-14(23)9-13(11-18(20)31-3)10-16-21(28)26(22(29)25-16)12-19(27)24-15-7-5-6-8-17(15)30-2/h5-11H,4,12H2,1-3H3,(H,24,27)(H,25,29)/b16-10+. The van der Waals surface area contributed by atoms with Crippen LogP contribution in [-0.2, 0) is 9.59 Å². The Labute approximate surface area is 189 Å². The monoisotopic (exact) mass is 459 g/mol. The summed E-state index contributed by atoms with van der Waals surface area (Å²) in [6.07, 6.45) is 1.45. The van der Waals surface area contributed by atoms with E-state index in [4.69, 9.17) is 25.8 Å². The van der Waals surface area contributed by atoms with E-state index >= 15 is 0 Å². The number of halogens is 1. The Balaban J connectivity index is 1.76. The van der Waals surface area contributed by atoms with Gasteiger partial charge in [0.25, 0.3) is 5.91 Å². The number of nitrogens with one attached hydrogen (secondary N) is 2. The summed E-state index contributed by atoms with van der Waals surface area (Å²) >= 11 is 6.26. The van der Waals surface area contributed by atoms with Crippen LogP contribution in [0.2, 0.25) is 5.02 Å². The number of methoxy groups -OCH3 is 2. The van der Waals surface area contributed by atoms with Crippen LogP contribution < -0.4 is 24.8 Å². The number of carbonyl (C=O) groups excluding carboxylic acids is 3. The molecule has 10 heteroatoms. The topological polar surface area (TPSA) is 106 Å². The van der Waals surface area contributed by atoms with Crippen LogP contribution >= 0.6 is 11.6 Å². The largest absolute Gasteiger partial charge is 0.495 e. The van der Waals surface area contributed by atoms with Crippen LogP contribution in [0.4, 0.5) is 10.5 Å². The van der Waals surface area contributed by atoms with E-state index in [0.717, 1.165) is 4.90 Å². The molecule has 0 aromatic heterocycles. The molecule has 0 bridgehead atoms. The maximum Gasteiger partial charge on any atom is 0.329 e. The molecule has 2 aromatic carbocycles. The number of ether oxygens (including phenoxy) is 3. The molecule has 1 saturated heterocycles. The van der Waals surface area contributed by atoms with Crippen LogP contribution in [0.1, 0.15) is 12.5 Å². The number of hydrogen-bond donors (Lipinski definition) is 2. The second-order valence-corrected chi connectivity index (χ2v) is 7.00. The highest BCUT2D eigenvalue weighted by Gasteiger charge is 2.35. The molecule has 1 aliphatic heterocycles. The second-order valence-electron chi connectivity index (χ2n) is 6.60. The lowest BCUT2D eigenvalue weighted by atomic mass is 10.1. The zero-order valence-corrected chi connectivity index (χ0v) is 18.5. The molecule has 1 heterocycles. The predicted molar refractivity (Wildman–Crippen MR) is 119 cm³/mol. The van der Waals surface area contributed by atoms with E-state index in [1.165, 1.54) is 20.3 Å². The summed E-state index contributed by atoms with van der Waals surface area (Å²) in [4.78, 5) is 38.2. The number of amides is 4. The van der Waals surface area contributed by atoms with Crippen molar-refractivity contribution in [1.82, 2.24) is 10.2 Å². The highest BCUT2D eigenvalue weighted by molar-refractivity contribution is 6.32. The van der Waals surface area contributed by atoms with Crippen LogP contribution in [-0.4, -0.2) is 50.1 Å². The second kappa shape index (κ2) is 10.1. The van der Waals surface area contributed by atoms with Crippen molar-refractivity contribution in [2.24, 2.45) is 0 Å². The fourth-order valence-electron chi connectivity index (χ4n) is 3.07. The number of carbonyl (C=O) groups is 3. The van der Waals surface area contributed by atoms with Crippen LogP contribution in [0.15, 0.2) is 42.1 Å². The van der Waals surface area contributed by atoms with Crippen molar-refractivity contribution in [1.29, 1.82) is 0 Å². The summed E-state index contributed by atoms with van der Waals surface area (Å²) in [5.74, 6) is 0.0328. The maximum absolute atomic E-state index is 12.7. The average Bonchev–Trinajstić information content (AvgIpc) is 3.03. The van der Waals surface area contributed by atoms with Gasteiger partial charge in [0.2, 0.25) is 5.91 Å². The van der Waals surface area contributed by atoms with Gasteiger partial charge in [0.15, 0.2) is 11.5 Å². The van der Waals surface area contributed by atoms with E-state index < -0.39 is 24.4 Å². The third-order valence-corrected chi connectivity index (χ3v) is 4.78. The minimum Gasteiger partial charge on any atom is -0.495 e. The predicted octanol–water partition coefficient (Wildman–Crippen LogP) is 3.29. The lowest BCUT2D eigenvalue weighted by Crippen LogP contribution is -2.38. The quantitative estimate of drug-likeness (QED) is 0.463. The van der Waals surface area contributed by atoms with Crippen LogP contribution in [0.5, 0.6) is 17.2 Å². The van der Waals surface area contributed by atoms with Gasteiger partial charge in [-0.1, -0.05) is 23.7 Å². The Bertz CT molecular complexity index is 1090. The number of nitrogens with zero attached hydrogens (tertiary/aromatic N) is 1. The summed E-state index contributed by atoms with van der Waals surface area (Å²) in [5, 5.41) is 5.39. The molecule has 0 spiro atoms. The molecule has 0 unspecified atom stereocenters. The molecule has 168 valence electrons. The number of benzene rings is 2. The van der Waals surface area contributed by atoms with Gasteiger partial charge >= 0.3 is 6.03 Å². The first-order valence-electron chi connectivity index (χ1n) is 9.65. The lowest BCUT2D eigenvalue weighted by molar-refractivity contribution is -0.127. The lowest BCUT2D eigenvalue weighted by Gasteiger charge is -2.13. The van der Waals surface area contributed by atoms with E-state index in [1.54, 1.807) is 36.4 Å². The molecule has 2 N–H and O–H groups in total. The number of imide groups is 1. The fourth-order valence-corrected chi connectivity index (χ4v) is 3.34. The summed E-state index contributed by atoms with van der Waals surface area (Å²) in [6.45, 7) is 1.75. The Hall–Kier alpha value is -3.72. The van der Waals surface area contributed by atoms with E-state index in [2.05, 4.69) is 10.6 Å². The highest BCUT2D eigenvalue weighted by Crippen LogP contribution is 2.37. The molecule has 2 aromatic rings. The molecule has 1 aliphatic rings. The molecular weight excluding hydrogens is 438 g/mol. The van der Waals surface area contributed by atoms with Gasteiger partial charge in [-0.15, -0.1) is 0 Å². The van der Waals surface area contributed by atoms with Gasteiger partial charge in [0, 0.05) is 0 Å². The molecular formula is C22H22ClN3O6. The molecule has 9 nitrogen and oxygen atoms in total. The molecule has 32 heavy (non-hydrogen) atoms. The number of urea groups is 1. The summed E-state index contributed by atoms with van der Waals surface area (Å²) in [5.41, 5.74) is 0.945. The molecule has 0 saturated carbocycles. The molecule has 4 amide bonds. The first-order chi connectivity index (χ1) is 15.4. The third kappa shape index (κ3) is 4.94. The van der Waals surface area contributed by atoms with Crippen molar-refractivity contribution >= 4 is 41.2 Å². The molecule has 0 atom stereocenters. The zero-order chi connectivity index (χ0) is 23.3. The Kier molecular flexibility index (Phi) is 7.21. The average molecular weight is 460 g/mol. The van der Waals surface area contributed by atoms with Crippen LogP contribution in [0, 0.1) is 0 Å². The van der Waals surface area contributed by atoms with Crippen LogP contribution in [0.25, 0.3) is 6.08 Å². The summed E-state index contributed by atoms with van der Waals surface area (Å²) < 4.78 is 15.9. The van der Waals surface area contributed by atoms with Crippen molar-refractivity contribution in [2.45, 2.75) is 6.92 Å². The number of para-hydroxylation sites is 2. The van der Waals surface area contributed by atoms with E-state index in [1.807, 2.05) is 6.92 Å². The molecule has 3 rings (SSSR count). The van der Waals surface area contributed by atoms with Gasteiger partial charge in [-0.25, -0.2) is 9.69 Å². The van der Waals surface area contributed by atoms with Crippen molar-refractivity contribution < 1.29 is 28.6 Å². The normalized spacial score (nSPS) is 14.4. The zero-order valence-electron chi connectivity index (χ0n) is 17.7. The number of hydrogen-bond acceptors (Lipinski definition) is 6. The minimum absolute atomic E-state index is 0.00220. The van der Waals surface area contributed by atoms with Crippen molar-refractivity contribution in [2.75, 3.05) is 32.7 Å². The minimum atomic E-state index is -0.708. The molecule has 1 fully saturated rings. The molecule has 0 aliphatic carbocycles. The SMILES string of the molecule is CCOc1c(Cl)cc(/C=C2/NC(=O)N(CC(=O)Nc3ccccc3OC)C2=O)cc1OC. The van der Waals surface area contributed by atoms with E-state index in [0.29, 0.717) is 40.1 Å². The first kappa shape index (κ1) is 23.0. The van der Waals surface area contributed by atoms with E-state index in [-0.39, 0.29) is 5.70 Å². The Morgan fingerprint density at radius 2 is 1.88 bits per heavy atom. The van der Waals surface area contributed by atoms with Gasteiger partial charge in [-0.3, -0.25) is 9.59 Å². The van der Waals surface area contributed by atoms with Gasteiger partial charge in [0.1, 0.15) is 18.0 Å².